The van der Waals surface area contributed by atoms with E-state index in [0.717, 1.165) is 32.2 Å². The molecule has 0 bridgehead atoms. The Bertz CT molecular complexity index is 312. The molecule has 84 valence electrons. The van der Waals surface area contributed by atoms with Crippen LogP contribution in [0.3, 0.4) is 0 Å². The Labute approximate surface area is 90.0 Å². The summed E-state index contributed by atoms with van der Waals surface area (Å²) in [6, 6.07) is 0. The fourth-order valence-electron chi connectivity index (χ4n) is 1.88. The van der Waals surface area contributed by atoms with Gasteiger partial charge in [0.25, 0.3) is 0 Å². The van der Waals surface area contributed by atoms with Crippen LogP contribution in [0.15, 0.2) is 12.4 Å². The van der Waals surface area contributed by atoms with E-state index >= 15 is 0 Å². The van der Waals surface area contributed by atoms with Crippen molar-refractivity contribution < 1.29 is 4.74 Å². The average Bonchev–Trinajstić information content (AvgIpc) is 2.65. The van der Waals surface area contributed by atoms with E-state index in [2.05, 4.69) is 26.8 Å². The summed E-state index contributed by atoms with van der Waals surface area (Å²) in [7, 11) is 4.01. The van der Waals surface area contributed by atoms with Crippen molar-refractivity contribution in [2.45, 2.75) is 12.6 Å². The minimum atomic E-state index is 0.269. The Kier molecular flexibility index (Phi) is 3.23. The molecule has 1 aromatic rings. The molecule has 1 saturated heterocycles. The number of hydrogen-bond acceptors (Lipinski definition) is 4. The van der Waals surface area contributed by atoms with Gasteiger partial charge >= 0.3 is 0 Å². The molecule has 1 aromatic heterocycles. The maximum absolute atomic E-state index is 5.70. The van der Waals surface area contributed by atoms with Gasteiger partial charge in [-0.25, -0.2) is 4.98 Å². The lowest BCUT2D eigenvalue weighted by Gasteiger charge is -2.30. The number of morpholine rings is 1. The van der Waals surface area contributed by atoms with Crippen molar-refractivity contribution in [3.63, 3.8) is 0 Å². The molecule has 1 fully saturated rings. The van der Waals surface area contributed by atoms with E-state index in [1.54, 1.807) is 6.20 Å². The van der Waals surface area contributed by atoms with E-state index in [1.807, 2.05) is 13.2 Å². The predicted molar refractivity (Wildman–Crippen MR) is 59.0 cm³/mol. The number of rotatable bonds is 3. The van der Waals surface area contributed by atoms with Gasteiger partial charge in [-0.15, -0.1) is 0 Å². The molecule has 0 spiro atoms. The van der Waals surface area contributed by atoms with Gasteiger partial charge in [0, 0.05) is 32.5 Å². The fraction of sp³-hybridized carbons (Fsp3) is 0.700. The topological polar surface area (TPSA) is 42.3 Å². The maximum atomic E-state index is 5.70. The molecule has 0 aliphatic carbocycles. The first-order chi connectivity index (χ1) is 7.29. The van der Waals surface area contributed by atoms with E-state index in [4.69, 9.17) is 4.74 Å². The van der Waals surface area contributed by atoms with Crippen molar-refractivity contribution in [1.29, 1.82) is 0 Å². The lowest BCUT2D eigenvalue weighted by Crippen LogP contribution is -2.41. The first-order valence-electron chi connectivity index (χ1n) is 5.28. The van der Waals surface area contributed by atoms with Gasteiger partial charge in [0.05, 0.1) is 19.3 Å². The molecule has 1 aliphatic heterocycles. The van der Waals surface area contributed by atoms with Crippen molar-refractivity contribution in [2.24, 2.45) is 0 Å². The second-order valence-electron chi connectivity index (χ2n) is 3.91. The van der Waals surface area contributed by atoms with Crippen LogP contribution in [0.25, 0.3) is 0 Å². The molecule has 5 heteroatoms. The Morgan fingerprint density at radius 1 is 1.67 bits per heavy atom. The minimum absolute atomic E-state index is 0.269. The molecule has 15 heavy (non-hydrogen) atoms. The number of hydrogen-bond donors (Lipinski definition) is 1. The van der Waals surface area contributed by atoms with Crippen molar-refractivity contribution in [1.82, 2.24) is 14.5 Å². The van der Waals surface area contributed by atoms with E-state index in [0.29, 0.717) is 0 Å². The molecule has 0 saturated carbocycles. The Morgan fingerprint density at radius 2 is 2.53 bits per heavy atom. The number of nitrogens with one attached hydrogen (secondary N) is 1. The summed E-state index contributed by atoms with van der Waals surface area (Å²) < 4.78 is 7.79. The van der Waals surface area contributed by atoms with Gasteiger partial charge in [-0.2, -0.15) is 0 Å². The molecule has 1 aliphatic rings. The number of nitrogens with zero attached hydrogens (tertiary/aromatic N) is 3. The highest BCUT2D eigenvalue weighted by Crippen LogP contribution is 2.09. The molecule has 0 amide bonds. The third-order valence-corrected chi connectivity index (χ3v) is 2.68. The van der Waals surface area contributed by atoms with Gasteiger partial charge in [0.15, 0.2) is 0 Å². The number of aromatic nitrogens is 2. The monoisotopic (exact) mass is 210 g/mol. The summed E-state index contributed by atoms with van der Waals surface area (Å²) >= 11 is 0. The molecule has 1 atom stereocenters. The first-order valence-corrected chi connectivity index (χ1v) is 5.28. The fourth-order valence-corrected chi connectivity index (χ4v) is 1.88. The van der Waals surface area contributed by atoms with Crippen LogP contribution < -0.4 is 5.32 Å². The van der Waals surface area contributed by atoms with E-state index < -0.39 is 0 Å². The van der Waals surface area contributed by atoms with Crippen LogP contribution >= 0.6 is 0 Å². The van der Waals surface area contributed by atoms with Crippen LogP contribution in [-0.4, -0.2) is 54.3 Å². The van der Waals surface area contributed by atoms with Crippen LogP contribution in [0.2, 0.25) is 0 Å². The van der Waals surface area contributed by atoms with Gasteiger partial charge in [-0.1, -0.05) is 0 Å². The van der Waals surface area contributed by atoms with Crippen LogP contribution in [0, 0.1) is 0 Å². The highest BCUT2D eigenvalue weighted by molar-refractivity contribution is 5.24. The van der Waals surface area contributed by atoms with Crippen molar-refractivity contribution in [3.05, 3.63) is 12.4 Å². The van der Waals surface area contributed by atoms with Gasteiger partial charge in [-0.3, -0.25) is 0 Å². The van der Waals surface area contributed by atoms with Crippen LogP contribution in [0.1, 0.15) is 0 Å². The van der Waals surface area contributed by atoms with Crippen LogP contribution in [0.4, 0.5) is 5.95 Å². The summed E-state index contributed by atoms with van der Waals surface area (Å²) in [5, 5.41) is 3.06. The standard InChI is InChI=1S/C10H18N4O/c1-11-10-12-3-4-14(10)8-9-7-13(2)5-6-15-9/h3-4,9H,5-8H2,1-2H3,(H,11,12). The molecular weight excluding hydrogens is 192 g/mol. The Hall–Kier alpha value is -1.07. The molecule has 5 nitrogen and oxygen atoms in total. The SMILES string of the molecule is CNc1nccn1CC1CN(C)CCO1. The first kappa shape index (κ1) is 10.4. The zero-order valence-electron chi connectivity index (χ0n) is 9.31. The molecule has 1 unspecified atom stereocenters. The molecule has 0 aromatic carbocycles. The maximum Gasteiger partial charge on any atom is 0.202 e. The molecular formula is C10H18N4O. The Morgan fingerprint density at radius 3 is 3.27 bits per heavy atom. The third kappa shape index (κ3) is 2.49. The minimum Gasteiger partial charge on any atom is -0.374 e. The second-order valence-corrected chi connectivity index (χ2v) is 3.91. The van der Waals surface area contributed by atoms with Crippen LogP contribution in [0.5, 0.6) is 0 Å². The zero-order valence-corrected chi connectivity index (χ0v) is 9.31. The highest BCUT2D eigenvalue weighted by Gasteiger charge is 2.18. The van der Waals surface area contributed by atoms with Crippen LogP contribution in [-0.2, 0) is 11.3 Å². The van der Waals surface area contributed by atoms with Gasteiger partial charge in [-0.05, 0) is 7.05 Å². The van der Waals surface area contributed by atoms with E-state index in [9.17, 15) is 0 Å². The van der Waals surface area contributed by atoms with Gasteiger partial charge in [0.1, 0.15) is 0 Å². The highest BCUT2D eigenvalue weighted by atomic mass is 16.5. The van der Waals surface area contributed by atoms with Crippen molar-refractivity contribution >= 4 is 5.95 Å². The predicted octanol–water partition coefficient (Wildman–Crippen LogP) is 0.255. The normalized spacial score (nSPS) is 22.9. The molecule has 0 radical (unpaired) electrons. The number of ether oxygens (including phenoxy) is 1. The van der Waals surface area contributed by atoms with Gasteiger partial charge < -0.3 is 19.5 Å². The lowest BCUT2D eigenvalue weighted by atomic mass is 10.3. The molecule has 2 rings (SSSR count). The summed E-state index contributed by atoms with van der Waals surface area (Å²) in [5.74, 6) is 0.895. The number of likely N-dealkylation sites (N-methyl/N-ethyl adjacent to an activating group) is 1. The van der Waals surface area contributed by atoms with E-state index in [1.165, 1.54) is 0 Å². The Balaban J connectivity index is 1.96. The second kappa shape index (κ2) is 4.63. The zero-order chi connectivity index (χ0) is 10.7. The smallest absolute Gasteiger partial charge is 0.202 e. The third-order valence-electron chi connectivity index (χ3n) is 2.68. The van der Waals surface area contributed by atoms with E-state index in [-0.39, 0.29) is 6.10 Å². The quantitative estimate of drug-likeness (QED) is 0.777. The average molecular weight is 210 g/mol. The molecule has 2 heterocycles. The van der Waals surface area contributed by atoms with Crippen molar-refractivity contribution in [2.75, 3.05) is 39.1 Å². The lowest BCUT2D eigenvalue weighted by molar-refractivity contribution is -0.0272. The number of anilines is 1. The van der Waals surface area contributed by atoms with Crippen molar-refractivity contribution in [3.8, 4) is 0 Å². The molecule has 1 N–H and O–H groups in total. The van der Waals surface area contributed by atoms with Gasteiger partial charge in [0.2, 0.25) is 5.95 Å². The largest absolute Gasteiger partial charge is 0.374 e. The summed E-state index contributed by atoms with van der Waals surface area (Å²) in [6.07, 6.45) is 4.05. The number of imidazole rings is 1. The summed E-state index contributed by atoms with van der Waals surface area (Å²) in [5.41, 5.74) is 0. The summed E-state index contributed by atoms with van der Waals surface area (Å²) in [6.45, 7) is 3.70. The summed E-state index contributed by atoms with van der Waals surface area (Å²) in [4.78, 5) is 6.50.